The standard InChI is InChI=1S/C10H12F3NO/c1-7(14-15)6-8-2-4-9(5-3-8)10(11,12)13/h2-5,7,14-15H,6H2,1H3. The van der Waals surface area contributed by atoms with Gasteiger partial charge in [-0.2, -0.15) is 13.2 Å². The van der Waals surface area contributed by atoms with E-state index in [1.54, 1.807) is 6.92 Å². The molecule has 2 N–H and O–H groups in total. The van der Waals surface area contributed by atoms with Gasteiger partial charge in [0, 0.05) is 6.04 Å². The quantitative estimate of drug-likeness (QED) is 0.766. The molecule has 1 aromatic rings. The van der Waals surface area contributed by atoms with Crippen LogP contribution in [0.4, 0.5) is 13.2 Å². The van der Waals surface area contributed by atoms with Crippen LogP contribution in [0.15, 0.2) is 24.3 Å². The first-order valence-electron chi connectivity index (χ1n) is 4.49. The summed E-state index contributed by atoms with van der Waals surface area (Å²) in [5, 5.41) is 8.55. The van der Waals surface area contributed by atoms with Gasteiger partial charge in [0.05, 0.1) is 5.56 Å². The van der Waals surface area contributed by atoms with Crippen LogP contribution in [0.3, 0.4) is 0 Å². The van der Waals surface area contributed by atoms with Crippen LogP contribution in [-0.4, -0.2) is 11.2 Å². The fourth-order valence-electron chi connectivity index (χ4n) is 1.23. The highest BCUT2D eigenvalue weighted by molar-refractivity contribution is 5.25. The first-order chi connectivity index (χ1) is 6.93. The molecule has 1 rings (SSSR count). The first-order valence-corrected chi connectivity index (χ1v) is 4.49. The summed E-state index contributed by atoms with van der Waals surface area (Å²) in [7, 11) is 0. The maximum Gasteiger partial charge on any atom is 0.416 e. The smallest absolute Gasteiger partial charge is 0.317 e. The van der Waals surface area contributed by atoms with E-state index in [1.165, 1.54) is 12.1 Å². The van der Waals surface area contributed by atoms with Crippen molar-refractivity contribution in [2.24, 2.45) is 0 Å². The van der Waals surface area contributed by atoms with E-state index < -0.39 is 11.7 Å². The molecule has 0 radical (unpaired) electrons. The Morgan fingerprint density at radius 3 is 2.20 bits per heavy atom. The molecule has 0 spiro atoms. The van der Waals surface area contributed by atoms with Gasteiger partial charge in [-0.1, -0.05) is 12.1 Å². The molecular weight excluding hydrogens is 207 g/mol. The summed E-state index contributed by atoms with van der Waals surface area (Å²) >= 11 is 0. The van der Waals surface area contributed by atoms with Crippen molar-refractivity contribution >= 4 is 0 Å². The zero-order chi connectivity index (χ0) is 11.5. The molecule has 1 unspecified atom stereocenters. The van der Waals surface area contributed by atoms with Crippen molar-refractivity contribution in [3.63, 3.8) is 0 Å². The van der Waals surface area contributed by atoms with Crippen LogP contribution in [0.2, 0.25) is 0 Å². The van der Waals surface area contributed by atoms with Crippen molar-refractivity contribution in [3.05, 3.63) is 35.4 Å². The number of benzene rings is 1. The molecule has 0 aliphatic rings. The Morgan fingerprint density at radius 1 is 1.27 bits per heavy atom. The van der Waals surface area contributed by atoms with E-state index in [9.17, 15) is 13.2 Å². The molecule has 0 saturated heterocycles. The third-order valence-electron chi connectivity index (χ3n) is 2.04. The minimum Gasteiger partial charge on any atom is -0.317 e. The van der Waals surface area contributed by atoms with Crippen LogP contribution in [0.5, 0.6) is 0 Å². The third kappa shape index (κ3) is 3.53. The molecule has 0 fully saturated rings. The molecule has 0 bridgehead atoms. The van der Waals surface area contributed by atoms with Gasteiger partial charge in [-0.3, -0.25) is 0 Å². The number of hydrogen-bond acceptors (Lipinski definition) is 2. The molecule has 1 atom stereocenters. The molecule has 5 heteroatoms. The highest BCUT2D eigenvalue weighted by atomic mass is 19.4. The Labute approximate surface area is 85.7 Å². The molecule has 2 nitrogen and oxygen atoms in total. The van der Waals surface area contributed by atoms with Crippen molar-refractivity contribution in [2.75, 3.05) is 0 Å². The molecule has 0 saturated carbocycles. The third-order valence-corrected chi connectivity index (χ3v) is 2.04. The highest BCUT2D eigenvalue weighted by Crippen LogP contribution is 2.29. The SMILES string of the molecule is CC(Cc1ccc(C(F)(F)F)cc1)NO. The summed E-state index contributed by atoms with van der Waals surface area (Å²) in [5.74, 6) is 0. The van der Waals surface area contributed by atoms with Crippen molar-refractivity contribution < 1.29 is 18.4 Å². The fraction of sp³-hybridized carbons (Fsp3) is 0.400. The van der Waals surface area contributed by atoms with Crippen molar-refractivity contribution in [1.29, 1.82) is 0 Å². The van der Waals surface area contributed by atoms with Gasteiger partial charge >= 0.3 is 6.18 Å². The van der Waals surface area contributed by atoms with Crippen LogP contribution in [0, 0.1) is 0 Å². The van der Waals surface area contributed by atoms with E-state index in [0.717, 1.165) is 17.7 Å². The van der Waals surface area contributed by atoms with E-state index in [-0.39, 0.29) is 6.04 Å². The van der Waals surface area contributed by atoms with Gasteiger partial charge in [-0.25, -0.2) is 5.48 Å². The molecule has 0 amide bonds. The van der Waals surface area contributed by atoms with Crippen LogP contribution in [0.25, 0.3) is 0 Å². The van der Waals surface area contributed by atoms with Gasteiger partial charge in [-0.05, 0) is 31.0 Å². The van der Waals surface area contributed by atoms with Crippen LogP contribution in [0.1, 0.15) is 18.1 Å². The minimum atomic E-state index is -4.29. The second-order valence-corrected chi connectivity index (χ2v) is 3.43. The lowest BCUT2D eigenvalue weighted by Gasteiger charge is -2.10. The second-order valence-electron chi connectivity index (χ2n) is 3.43. The largest absolute Gasteiger partial charge is 0.416 e. The average Bonchev–Trinajstić information content (AvgIpc) is 2.17. The van der Waals surface area contributed by atoms with Gasteiger partial charge in [-0.15, -0.1) is 0 Å². The fourth-order valence-corrected chi connectivity index (χ4v) is 1.23. The molecule has 1 aromatic carbocycles. The lowest BCUT2D eigenvalue weighted by molar-refractivity contribution is -0.137. The zero-order valence-electron chi connectivity index (χ0n) is 8.17. The molecule has 0 heterocycles. The van der Waals surface area contributed by atoms with Crippen LogP contribution < -0.4 is 5.48 Å². The van der Waals surface area contributed by atoms with E-state index >= 15 is 0 Å². The van der Waals surface area contributed by atoms with E-state index in [0.29, 0.717) is 6.42 Å². The number of alkyl halides is 3. The van der Waals surface area contributed by atoms with Gasteiger partial charge < -0.3 is 5.21 Å². The van der Waals surface area contributed by atoms with Crippen LogP contribution in [-0.2, 0) is 12.6 Å². The summed E-state index contributed by atoms with van der Waals surface area (Å²) in [6, 6.07) is 4.73. The Balaban J connectivity index is 2.73. The summed E-state index contributed by atoms with van der Waals surface area (Å²) in [6.45, 7) is 1.73. The predicted molar refractivity (Wildman–Crippen MR) is 49.5 cm³/mol. The summed E-state index contributed by atoms with van der Waals surface area (Å²) in [5.41, 5.74) is 2.13. The van der Waals surface area contributed by atoms with Gasteiger partial charge in [0.2, 0.25) is 0 Å². The number of nitrogens with one attached hydrogen (secondary N) is 1. The summed E-state index contributed by atoms with van der Waals surface area (Å²) in [6.07, 6.45) is -3.81. The van der Waals surface area contributed by atoms with E-state index in [2.05, 4.69) is 0 Å². The zero-order valence-corrected chi connectivity index (χ0v) is 8.17. The number of hydrogen-bond donors (Lipinski definition) is 2. The minimum absolute atomic E-state index is 0.179. The van der Waals surface area contributed by atoms with Crippen LogP contribution >= 0.6 is 0 Å². The summed E-state index contributed by atoms with van der Waals surface area (Å²) in [4.78, 5) is 0. The number of halogens is 3. The maximum atomic E-state index is 12.2. The Morgan fingerprint density at radius 2 is 1.80 bits per heavy atom. The lowest BCUT2D eigenvalue weighted by atomic mass is 10.1. The number of hydroxylamine groups is 1. The van der Waals surface area contributed by atoms with Crippen molar-refractivity contribution in [2.45, 2.75) is 25.6 Å². The Hall–Kier alpha value is -1.07. The van der Waals surface area contributed by atoms with E-state index in [1.807, 2.05) is 5.48 Å². The monoisotopic (exact) mass is 219 g/mol. The molecular formula is C10H12F3NO. The summed E-state index contributed by atoms with van der Waals surface area (Å²) < 4.78 is 36.6. The first kappa shape index (κ1) is 12.0. The van der Waals surface area contributed by atoms with Gasteiger partial charge in [0.15, 0.2) is 0 Å². The maximum absolute atomic E-state index is 12.2. The molecule has 84 valence electrons. The van der Waals surface area contributed by atoms with Gasteiger partial charge in [0.25, 0.3) is 0 Å². The van der Waals surface area contributed by atoms with Gasteiger partial charge in [0.1, 0.15) is 0 Å². The predicted octanol–water partition coefficient (Wildman–Crippen LogP) is 2.62. The molecule has 0 aliphatic carbocycles. The second kappa shape index (κ2) is 4.63. The van der Waals surface area contributed by atoms with Crippen molar-refractivity contribution in [3.8, 4) is 0 Å². The molecule has 0 aromatic heterocycles. The highest BCUT2D eigenvalue weighted by Gasteiger charge is 2.29. The topological polar surface area (TPSA) is 32.3 Å². The Kier molecular flexibility index (Phi) is 3.71. The normalized spacial score (nSPS) is 13.9. The molecule has 15 heavy (non-hydrogen) atoms. The van der Waals surface area contributed by atoms with Crippen molar-refractivity contribution in [1.82, 2.24) is 5.48 Å². The number of rotatable bonds is 3. The average molecular weight is 219 g/mol. The Bertz CT molecular complexity index is 307. The lowest BCUT2D eigenvalue weighted by Crippen LogP contribution is -2.24. The molecule has 0 aliphatic heterocycles. The van der Waals surface area contributed by atoms with E-state index in [4.69, 9.17) is 5.21 Å².